The highest BCUT2D eigenvalue weighted by atomic mass is 16.2. The van der Waals surface area contributed by atoms with Crippen LogP contribution < -0.4 is 10.6 Å². The van der Waals surface area contributed by atoms with E-state index in [1.807, 2.05) is 0 Å². The third-order valence-electron chi connectivity index (χ3n) is 5.02. The van der Waals surface area contributed by atoms with Gasteiger partial charge in [-0.2, -0.15) is 0 Å². The molecule has 0 bridgehead atoms. The predicted octanol–water partition coefficient (Wildman–Crippen LogP) is 2.95. The van der Waals surface area contributed by atoms with Crippen LogP contribution in [0.3, 0.4) is 0 Å². The molecule has 1 aliphatic rings. The van der Waals surface area contributed by atoms with Crippen molar-refractivity contribution in [3.05, 3.63) is 0 Å². The van der Waals surface area contributed by atoms with E-state index in [9.17, 15) is 4.79 Å². The lowest BCUT2D eigenvalue weighted by Crippen LogP contribution is -2.50. The fourth-order valence-corrected chi connectivity index (χ4v) is 3.16. The fourth-order valence-electron chi connectivity index (χ4n) is 3.16. The monoisotopic (exact) mass is 268 g/mol. The van der Waals surface area contributed by atoms with Crippen molar-refractivity contribution >= 4 is 5.91 Å². The van der Waals surface area contributed by atoms with E-state index in [2.05, 4.69) is 45.3 Å². The Morgan fingerprint density at radius 3 is 2.47 bits per heavy atom. The van der Waals surface area contributed by atoms with E-state index < -0.39 is 0 Å². The summed E-state index contributed by atoms with van der Waals surface area (Å²) in [7, 11) is 0. The minimum absolute atomic E-state index is 0.223. The fraction of sp³-hybridized carbons (Fsp3) is 0.938. The Kier molecular flexibility index (Phi) is 6.31. The first kappa shape index (κ1) is 16.5. The third-order valence-corrected chi connectivity index (χ3v) is 5.02. The van der Waals surface area contributed by atoms with Crippen LogP contribution >= 0.6 is 0 Å². The van der Waals surface area contributed by atoms with E-state index in [1.165, 1.54) is 6.42 Å². The van der Waals surface area contributed by atoms with Gasteiger partial charge in [0.2, 0.25) is 5.91 Å². The highest BCUT2D eigenvalue weighted by molar-refractivity contribution is 5.82. The molecule has 112 valence electrons. The maximum Gasteiger partial charge on any atom is 0.226 e. The summed E-state index contributed by atoms with van der Waals surface area (Å²) in [5.74, 6) is 1.26. The van der Waals surface area contributed by atoms with Gasteiger partial charge in [-0.3, -0.25) is 4.79 Å². The Morgan fingerprint density at radius 2 is 2.00 bits per heavy atom. The van der Waals surface area contributed by atoms with E-state index in [-0.39, 0.29) is 17.4 Å². The minimum atomic E-state index is -0.270. The van der Waals surface area contributed by atoms with Gasteiger partial charge in [0.05, 0.1) is 0 Å². The number of carbonyl (C=O) groups excluding carboxylic acids is 1. The molecule has 0 aliphatic carbocycles. The molecule has 0 aromatic rings. The van der Waals surface area contributed by atoms with Gasteiger partial charge in [-0.25, -0.2) is 0 Å². The summed E-state index contributed by atoms with van der Waals surface area (Å²) in [5, 5.41) is 6.67. The van der Waals surface area contributed by atoms with E-state index >= 15 is 0 Å². The molecule has 2 atom stereocenters. The molecular weight excluding hydrogens is 236 g/mol. The summed E-state index contributed by atoms with van der Waals surface area (Å²) in [6.45, 7) is 12.8. The van der Waals surface area contributed by atoms with Crippen LogP contribution in [0.25, 0.3) is 0 Å². The smallest absolute Gasteiger partial charge is 0.226 e. The molecule has 1 heterocycles. The van der Waals surface area contributed by atoms with Gasteiger partial charge in [0.25, 0.3) is 0 Å². The number of rotatable bonds is 6. The Labute approximate surface area is 118 Å². The first-order valence-corrected chi connectivity index (χ1v) is 7.95. The maximum absolute atomic E-state index is 12.6. The van der Waals surface area contributed by atoms with Crippen LogP contribution in [-0.2, 0) is 4.79 Å². The molecule has 0 aromatic carbocycles. The predicted molar refractivity (Wildman–Crippen MR) is 81.1 cm³/mol. The van der Waals surface area contributed by atoms with Gasteiger partial charge < -0.3 is 10.6 Å². The number of carbonyl (C=O) groups is 1. The van der Waals surface area contributed by atoms with Crippen molar-refractivity contribution < 1.29 is 4.79 Å². The molecule has 0 saturated carbocycles. The van der Waals surface area contributed by atoms with Crippen LogP contribution in [0.4, 0.5) is 0 Å². The van der Waals surface area contributed by atoms with Crippen LogP contribution in [-0.4, -0.2) is 25.0 Å². The number of amides is 1. The Bertz CT molecular complexity index is 278. The van der Waals surface area contributed by atoms with Crippen LogP contribution in [0.5, 0.6) is 0 Å². The van der Waals surface area contributed by atoms with Gasteiger partial charge in [-0.15, -0.1) is 0 Å². The van der Waals surface area contributed by atoms with E-state index in [0.29, 0.717) is 11.8 Å². The van der Waals surface area contributed by atoms with Crippen molar-refractivity contribution in [1.82, 2.24) is 10.6 Å². The Balaban J connectivity index is 2.59. The van der Waals surface area contributed by atoms with E-state index in [0.717, 1.165) is 32.4 Å². The Morgan fingerprint density at radius 1 is 1.37 bits per heavy atom. The van der Waals surface area contributed by atoms with Crippen molar-refractivity contribution in [1.29, 1.82) is 0 Å². The van der Waals surface area contributed by atoms with E-state index in [4.69, 9.17) is 0 Å². The zero-order valence-electron chi connectivity index (χ0n) is 13.4. The van der Waals surface area contributed by atoms with Gasteiger partial charge >= 0.3 is 0 Å². The summed E-state index contributed by atoms with van der Waals surface area (Å²) in [4.78, 5) is 12.6. The SMILES string of the molecule is CCC(CC)C(C)NC(=O)C(C)(C)C1CCCNC1. The van der Waals surface area contributed by atoms with Crippen LogP contribution in [0.15, 0.2) is 0 Å². The van der Waals surface area contributed by atoms with Crippen molar-refractivity contribution in [2.75, 3.05) is 13.1 Å². The second-order valence-corrected chi connectivity index (χ2v) is 6.60. The lowest BCUT2D eigenvalue weighted by Gasteiger charge is -2.37. The van der Waals surface area contributed by atoms with Gasteiger partial charge in [0.1, 0.15) is 0 Å². The van der Waals surface area contributed by atoms with Crippen LogP contribution in [0.1, 0.15) is 60.3 Å². The maximum atomic E-state index is 12.6. The molecule has 3 nitrogen and oxygen atoms in total. The molecule has 19 heavy (non-hydrogen) atoms. The largest absolute Gasteiger partial charge is 0.353 e. The average Bonchev–Trinajstić information content (AvgIpc) is 2.41. The molecule has 0 radical (unpaired) electrons. The summed E-state index contributed by atoms with van der Waals surface area (Å²) in [5.41, 5.74) is -0.270. The molecule has 1 fully saturated rings. The lowest BCUT2D eigenvalue weighted by atomic mass is 9.74. The normalized spacial score (nSPS) is 22.3. The summed E-state index contributed by atoms with van der Waals surface area (Å²) in [6, 6.07) is 0.276. The minimum Gasteiger partial charge on any atom is -0.353 e. The van der Waals surface area contributed by atoms with Gasteiger partial charge in [-0.05, 0) is 44.7 Å². The number of piperidine rings is 1. The average molecular weight is 268 g/mol. The van der Waals surface area contributed by atoms with Gasteiger partial charge in [-0.1, -0.05) is 40.5 Å². The Hall–Kier alpha value is -0.570. The summed E-state index contributed by atoms with van der Waals surface area (Å²) < 4.78 is 0. The second kappa shape index (κ2) is 7.28. The zero-order valence-corrected chi connectivity index (χ0v) is 13.4. The topological polar surface area (TPSA) is 41.1 Å². The molecule has 2 unspecified atom stereocenters. The number of hydrogen-bond acceptors (Lipinski definition) is 2. The molecule has 1 amide bonds. The molecule has 1 aliphatic heterocycles. The van der Waals surface area contributed by atoms with Crippen molar-refractivity contribution in [3.8, 4) is 0 Å². The summed E-state index contributed by atoms with van der Waals surface area (Å²) in [6.07, 6.45) is 4.60. The molecule has 0 aromatic heterocycles. The highest BCUT2D eigenvalue weighted by Gasteiger charge is 2.38. The van der Waals surface area contributed by atoms with E-state index in [1.54, 1.807) is 0 Å². The van der Waals surface area contributed by atoms with Gasteiger partial charge in [0, 0.05) is 11.5 Å². The number of hydrogen-bond donors (Lipinski definition) is 2. The number of nitrogens with one attached hydrogen (secondary N) is 2. The van der Waals surface area contributed by atoms with Crippen molar-refractivity contribution in [3.63, 3.8) is 0 Å². The van der Waals surface area contributed by atoms with Crippen molar-refractivity contribution in [2.45, 2.75) is 66.3 Å². The molecule has 2 N–H and O–H groups in total. The molecule has 0 spiro atoms. The second-order valence-electron chi connectivity index (χ2n) is 6.60. The van der Waals surface area contributed by atoms with Crippen LogP contribution in [0, 0.1) is 17.3 Å². The molecular formula is C16H32N2O. The highest BCUT2D eigenvalue weighted by Crippen LogP contribution is 2.32. The van der Waals surface area contributed by atoms with Crippen LogP contribution in [0.2, 0.25) is 0 Å². The van der Waals surface area contributed by atoms with Gasteiger partial charge in [0.15, 0.2) is 0 Å². The molecule has 1 rings (SSSR count). The van der Waals surface area contributed by atoms with Crippen molar-refractivity contribution in [2.24, 2.45) is 17.3 Å². The standard InChI is InChI=1S/C16H32N2O/c1-6-13(7-2)12(3)18-15(19)16(4,5)14-9-8-10-17-11-14/h12-14,17H,6-11H2,1-5H3,(H,18,19). The quantitative estimate of drug-likeness (QED) is 0.777. The summed E-state index contributed by atoms with van der Waals surface area (Å²) >= 11 is 0. The third kappa shape index (κ3) is 4.20. The first-order valence-electron chi connectivity index (χ1n) is 7.95. The first-order chi connectivity index (χ1) is 8.93. The lowest BCUT2D eigenvalue weighted by molar-refractivity contribution is -0.133. The molecule has 1 saturated heterocycles. The zero-order chi connectivity index (χ0) is 14.5. The molecule has 3 heteroatoms.